The summed E-state index contributed by atoms with van der Waals surface area (Å²) in [6, 6.07) is 9.02. The smallest absolute Gasteiger partial charge is 0.338 e. The summed E-state index contributed by atoms with van der Waals surface area (Å²) >= 11 is 0. The van der Waals surface area contributed by atoms with E-state index in [4.69, 9.17) is 14.7 Å². The van der Waals surface area contributed by atoms with Crippen LogP contribution < -0.4 is 4.74 Å². The summed E-state index contributed by atoms with van der Waals surface area (Å²) in [5.74, 6) is 0.101. The Morgan fingerprint density at radius 3 is 2.46 bits per heavy atom. The molecule has 0 spiro atoms. The Morgan fingerprint density at radius 2 is 1.85 bits per heavy atom. The molecule has 1 saturated heterocycles. The SMILES string of the molecule is CC1CCCC(C)N1C(=O)COc1ccc(C(=O)OCCCC#N)cc1. The van der Waals surface area contributed by atoms with Crippen LogP contribution in [0.15, 0.2) is 24.3 Å². The van der Waals surface area contributed by atoms with E-state index in [2.05, 4.69) is 13.8 Å². The molecule has 6 nitrogen and oxygen atoms in total. The zero-order chi connectivity index (χ0) is 18.9. The summed E-state index contributed by atoms with van der Waals surface area (Å²) in [4.78, 5) is 26.2. The lowest BCUT2D eigenvalue weighted by atomic mass is 9.97. The van der Waals surface area contributed by atoms with Crippen molar-refractivity contribution in [2.75, 3.05) is 13.2 Å². The van der Waals surface area contributed by atoms with Gasteiger partial charge in [0.25, 0.3) is 5.91 Å². The van der Waals surface area contributed by atoms with Gasteiger partial charge >= 0.3 is 5.97 Å². The number of carbonyl (C=O) groups excluding carboxylic acids is 2. The average molecular weight is 358 g/mol. The van der Waals surface area contributed by atoms with Crippen LogP contribution in [-0.2, 0) is 9.53 Å². The molecule has 0 radical (unpaired) electrons. The molecule has 1 aliphatic heterocycles. The number of likely N-dealkylation sites (tertiary alicyclic amines) is 1. The van der Waals surface area contributed by atoms with Gasteiger partial charge in [0.2, 0.25) is 0 Å². The second kappa shape index (κ2) is 9.81. The van der Waals surface area contributed by atoms with Crippen LogP contribution in [0.4, 0.5) is 0 Å². The van der Waals surface area contributed by atoms with Crippen molar-refractivity contribution in [3.05, 3.63) is 29.8 Å². The average Bonchev–Trinajstić information content (AvgIpc) is 2.63. The lowest BCUT2D eigenvalue weighted by Gasteiger charge is -2.38. The summed E-state index contributed by atoms with van der Waals surface area (Å²) in [5, 5.41) is 8.45. The van der Waals surface area contributed by atoms with E-state index in [1.807, 2.05) is 11.0 Å². The standard InChI is InChI=1S/C20H26N2O4/c1-15-6-5-7-16(2)22(15)19(23)14-26-18-10-8-17(9-11-18)20(24)25-13-4-3-12-21/h8-11,15-16H,3-7,13-14H2,1-2H3. The highest BCUT2D eigenvalue weighted by molar-refractivity contribution is 5.89. The van der Waals surface area contributed by atoms with E-state index in [0.717, 1.165) is 19.3 Å². The van der Waals surface area contributed by atoms with E-state index in [-0.39, 0.29) is 31.2 Å². The molecule has 1 fully saturated rings. The predicted octanol–water partition coefficient (Wildman–Crippen LogP) is 3.32. The van der Waals surface area contributed by atoms with Crippen molar-refractivity contribution in [3.8, 4) is 11.8 Å². The molecular formula is C20H26N2O4. The lowest BCUT2D eigenvalue weighted by molar-refractivity contribution is -0.139. The quantitative estimate of drug-likeness (QED) is 0.552. The van der Waals surface area contributed by atoms with E-state index >= 15 is 0 Å². The van der Waals surface area contributed by atoms with Gasteiger partial charge in [-0.2, -0.15) is 5.26 Å². The van der Waals surface area contributed by atoms with E-state index in [0.29, 0.717) is 24.2 Å². The number of esters is 1. The molecule has 2 rings (SSSR count). The van der Waals surface area contributed by atoms with Crippen molar-refractivity contribution in [2.45, 2.75) is 58.0 Å². The van der Waals surface area contributed by atoms with Gasteiger partial charge in [0.15, 0.2) is 6.61 Å². The molecule has 2 unspecified atom stereocenters. The highest BCUT2D eigenvalue weighted by Crippen LogP contribution is 2.23. The van der Waals surface area contributed by atoms with Crippen LogP contribution >= 0.6 is 0 Å². The lowest BCUT2D eigenvalue weighted by Crippen LogP contribution is -2.49. The molecule has 0 aromatic heterocycles. The first-order valence-corrected chi connectivity index (χ1v) is 9.11. The van der Waals surface area contributed by atoms with Crippen molar-refractivity contribution in [1.82, 2.24) is 4.90 Å². The molecule has 1 aliphatic rings. The van der Waals surface area contributed by atoms with Crippen LogP contribution in [0.25, 0.3) is 0 Å². The second-order valence-corrected chi connectivity index (χ2v) is 6.64. The maximum atomic E-state index is 12.4. The van der Waals surface area contributed by atoms with E-state index in [9.17, 15) is 9.59 Å². The van der Waals surface area contributed by atoms with Crippen molar-refractivity contribution in [2.24, 2.45) is 0 Å². The first-order chi connectivity index (χ1) is 12.5. The molecule has 140 valence electrons. The van der Waals surface area contributed by atoms with Crippen LogP contribution in [0.1, 0.15) is 56.3 Å². The van der Waals surface area contributed by atoms with Crippen LogP contribution in [0.5, 0.6) is 5.75 Å². The molecule has 0 saturated carbocycles. The maximum Gasteiger partial charge on any atom is 0.338 e. The Bertz CT molecular complexity index is 641. The first kappa shape index (κ1) is 19.8. The summed E-state index contributed by atoms with van der Waals surface area (Å²) in [5.41, 5.74) is 0.416. The zero-order valence-corrected chi connectivity index (χ0v) is 15.4. The number of nitriles is 1. The molecule has 0 bridgehead atoms. The summed E-state index contributed by atoms with van der Waals surface area (Å²) < 4.78 is 10.7. The molecule has 2 atom stereocenters. The third-order valence-corrected chi connectivity index (χ3v) is 4.60. The fourth-order valence-corrected chi connectivity index (χ4v) is 3.22. The number of carbonyl (C=O) groups is 2. The number of piperidine rings is 1. The topological polar surface area (TPSA) is 79.6 Å². The molecule has 1 aromatic carbocycles. The molecule has 26 heavy (non-hydrogen) atoms. The first-order valence-electron chi connectivity index (χ1n) is 9.11. The van der Waals surface area contributed by atoms with Gasteiger partial charge < -0.3 is 14.4 Å². The van der Waals surface area contributed by atoms with Gasteiger partial charge in [-0.25, -0.2) is 4.79 Å². The number of hydrogen-bond donors (Lipinski definition) is 0. The number of rotatable bonds is 7. The Balaban J connectivity index is 1.82. The van der Waals surface area contributed by atoms with Gasteiger partial charge in [0, 0.05) is 18.5 Å². The number of ether oxygens (including phenoxy) is 2. The fourth-order valence-electron chi connectivity index (χ4n) is 3.22. The predicted molar refractivity (Wildman–Crippen MR) is 96.7 cm³/mol. The molecule has 1 amide bonds. The summed E-state index contributed by atoms with van der Waals surface area (Å²) in [6.07, 6.45) is 4.10. The summed E-state index contributed by atoms with van der Waals surface area (Å²) in [6.45, 7) is 4.37. The number of unbranched alkanes of at least 4 members (excludes halogenated alkanes) is 1. The molecule has 1 aromatic rings. The number of benzene rings is 1. The Morgan fingerprint density at radius 1 is 1.19 bits per heavy atom. The third kappa shape index (κ3) is 5.48. The largest absolute Gasteiger partial charge is 0.484 e. The number of hydrogen-bond acceptors (Lipinski definition) is 5. The fraction of sp³-hybridized carbons (Fsp3) is 0.550. The monoisotopic (exact) mass is 358 g/mol. The maximum absolute atomic E-state index is 12.4. The molecule has 1 heterocycles. The Hall–Kier alpha value is -2.55. The Labute approximate surface area is 154 Å². The molecule has 6 heteroatoms. The van der Waals surface area contributed by atoms with Gasteiger partial charge in [0.05, 0.1) is 18.2 Å². The van der Waals surface area contributed by atoms with Gasteiger partial charge in [-0.15, -0.1) is 0 Å². The minimum absolute atomic E-state index is 0.00731. The van der Waals surface area contributed by atoms with Crippen LogP contribution in [0.2, 0.25) is 0 Å². The zero-order valence-electron chi connectivity index (χ0n) is 15.4. The van der Waals surface area contributed by atoms with E-state index in [1.165, 1.54) is 0 Å². The molecule has 0 N–H and O–H groups in total. The van der Waals surface area contributed by atoms with Crippen molar-refractivity contribution < 1.29 is 19.1 Å². The van der Waals surface area contributed by atoms with Gasteiger partial charge in [-0.3, -0.25) is 4.79 Å². The van der Waals surface area contributed by atoms with Gasteiger partial charge in [0.1, 0.15) is 5.75 Å². The van der Waals surface area contributed by atoms with E-state index in [1.54, 1.807) is 24.3 Å². The highest BCUT2D eigenvalue weighted by Gasteiger charge is 2.28. The van der Waals surface area contributed by atoms with Crippen molar-refractivity contribution in [1.29, 1.82) is 5.26 Å². The number of amides is 1. The van der Waals surface area contributed by atoms with Crippen LogP contribution in [0, 0.1) is 11.3 Å². The minimum Gasteiger partial charge on any atom is -0.484 e. The van der Waals surface area contributed by atoms with Gasteiger partial charge in [-0.1, -0.05) is 0 Å². The molecular weight excluding hydrogens is 332 g/mol. The minimum atomic E-state index is -0.429. The van der Waals surface area contributed by atoms with Crippen LogP contribution in [-0.4, -0.2) is 42.1 Å². The van der Waals surface area contributed by atoms with Crippen LogP contribution in [0.3, 0.4) is 0 Å². The highest BCUT2D eigenvalue weighted by atomic mass is 16.5. The summed E-state index contributed by atoms with van der Waals surface area (Å²) in [7, 11) is 0. The number of nitrogens with zero attached hydrogens (tertiary/aromatic N) is 2. The normalized spacial score (nSPS) is 19.5. The van der Waals surface area contributed by atoms with Crippen molar-refractivity contribution in [3.63, 3.8) is 0 Å². The Kier molecular flexibility index (Phi) is 7.46. The van der Waals surface area contributed by atoms with Gasteiger partial charge in [-0.05, 0) is 63.8 Å². The second-order valence-electron chi connectivity index (χ2n) is 6.64. The van der Waals surface area contributed by atoms with Crippen molar-refractivity contribution >= 4 is 11.9 Å². The van der Waals surface area contributed by atoms with E-state index < -0.39 is 5.97 Å². The third-order valence-electron chi connectivity index (χ3n) is 4.60. The molecule has 0 aliphatic carbocycles.